The summed E-state index contributed by atoms with van der Waals surface area (Å²) in [4.78, 5) is 11.4. The van der Waals surface area contributed by atoms with Crippen LogP contribution in [-0.4, -0.2) is 45.1 Å². The van der Waals surface area contributed by atoms with E-state index in [-0.39, 0.29) is 11.1 Å². The Morgan fingerprint density at radius 3 is 2.30 bits per heavy atom. The summed E-state index contributed by atoms with van der Waals surface area (Å²) in [6.45, 7) is 9.29. The van der Waals surface area contributed by atoms with Gasteiger partial charge in [-0.3, -0.25) is 4.90 Å². The lowest BCUT2D eigenvalue weighted by Gasteiger charge is -2.53. The second-order valence-corrected chi connectivity index (χ2v) is 8.69. The van der Waals surface area contributed by atoms with Crippen LogP contribution in [0, 0.1) is 0 Å². The number of hydrogen-bond donors (Lipinski definition) is 2. The molecular formula is C18H31N5. The third-order valence-electron chi connectivity index (χ3n) is 5.94. The van der Waals surface area contributed by atoms with Gasteiger partial charge in [-0.05, 0) is 60.4 Å². The number of likely N-dealkylation sites (tertiary alicyclic amines) is 1. The molecule has 0 amide bonds. The van der Waals surface area contributed by atoms with Gasteiger partial charge in [0.1, 0.15) is 12.1 Å². The quantitative estimate of drug-likeness (QED) is 0.897. The Balaban J connectivity index is 1.71. The van der Waals surface area contributed by atoms with E-state index in [4.69, 9.17) is 5.73 Å². The molecule has 2 fully saturated rings. The van der Waals surface area contributed by atoms with E-state index in [1.165, 1.54) is 0 Å². The van der Waals surface area contributed by atoms with E-state index in [9.17, 15) is 0 Å². The van der Waals surface area contributed by atoms with Crippen LogP contribution in [-0.2, 0) is 0 Å². The molecule has 1 saturated carbocycles. The molecule has 2 heterocycles. The summed E-state index contributed by atoms with van der Waals surface area (Å²) < 4.78 is 0. The molecule has 2 aliphatic rings. The molecule has 3 rings (SSSR count). The first-order chi connectivity index (χ1) is 10.7. The van der Waals surface area contributed by atoms with Crippen LogP contribution in [0.25, 0.3) is 0 Å². The van der Waals surface area contributed by atoms with E-state index < -0.39 is 0 Å². The lowest BCUT2D eigenvalue weighted by atomic mass is 9.77. The average Bonchev–Trinajstić information content (AvgIpc) is 2.41. The zero-order valence-electron chi connectivity index (χ0n) is 15.1. The molecule has 5 heteroatoms. The summed E-state index contributed by atoms with van der Waals surface area (Å²) in [6.07, 6.45) is 6.00. The monoisotopic (exact) mass is 317 g/mol. The van der Waals surface area contributed by atoms with Crippen molar-refractivity contribution in [3.8, 4) is 0 Å². The SMILES string of the molecule is CN1C(C)(C)CC(Nc2cc(C3CC(N)C3)ncn2)CC1(C)C. The fourth-order valence-corrected chi connectivity index (χ4v) is 4.26. The minimum absolute atomic E-state index is 0.177. The van der Waals surface area contributed by atoms with Crippen LogP contribution in [0.1, 0.15) is 65.0 Å². The van der Waals surface area contributed by atoms with Crippen LogP contribution >= 0.6 is 0 Å². The van der Waals surface area contributed by atoms with Gasteiger partial charge in [-0.2, -0.15) is 0 Å². The number of nitrogens with two attached hydrogens (primary N) is 1. The Kier molecular flexibility index (Phi) is 4.13. The lowest BCUT2D eigenvalue weighted by Crippen LogP contribution is -2.61. The summed E-state index contributed by atoms with van der Waals surface area (Å²) >= 11 is 0. The normalized spacial score (nSPS) is 30.7. The van der Waals surface area contributed by atoms with Gasteiger partial charge < -0.3 is 11.1 Å². The lowest BCUT2D eigenvalue weighted by molar-refractivity contribution is -0.00772. The number of nitrogens with one attached hydrogen (secondary N) is 1. The van der Waals surface area contributed by atoms with Crippen LogP contribution < -0.4 is 11.1 Å². The molecule has 1 aromatic heterocycles. The summed E-state index contributed by atoms with van der Waals surface area (Å²) in [6, 6.07) is 2.90. The first-order valence-electron chi connectivity index (χ1n) is 8.75. The third kappa shape index (κ3) is 3.36. The number of nitrogens with zero attached hydrogens (tertiary/aromatic N) is 3. The highest BCUT2D eigenvalue weighted by Crippen LogP contribution is 2.38. The number of anilines is 1. The van der Waals surface area contributed by atoms with Gasteiger partial charge in [-0.15, -0.1) is 0 Å². The van der Waals surface area contributed by atoms with Crippen molar-refractivity contribution in [2.24, 2.45) is 5.73 Å². The maximum atomic E-state index is 5.90. The van der Waals surface area contributed by atoms with Crippen LogP contribution in [0.4, 0.5) is 5.82 Å². The van der Waals surface area contributed by atoms with Gasteiger partial charge in [0, 0.05) is 40.8 Å². The van der Waals surface area contributed by atoms with Crippen molar-refractivity contribution < 1.29 is 0 Å². The molecule has 0 aromatic carbocycles. The van der Waals surface area contributed by atoms with Gasteiger partial charge in [0.25, 0.3) is 0 Å². The van der Waals surface area contributed by atoms with Crippen molar-refractivity contribution in [1.29, 1.82) is 0 Å². The molecule has 23 heavy (non-hydrogen) atoms. The molecule has 1 saturated heterocycles. The van der Waals surface area contributed by atoms with E-state index in [1.54, 1.807) is 6.33 Å². The Bertz CT molecular complexity index is 544. The van der Waals surface area contributed by atoms with E-state index in [1.807, 2.05) is 0 Å². The molecule has 0 bridgehead atoms. The molecule has 1 aliphatic carbocycles. The van der Waals surface area contributed by atoms with E-state index in [2.05, 4.69) is 61.0 Å². The second kappa shape index (κ2) is 5.71. The molecule has 0 spiro atoms. The first-order valence-corrected chi connectivity index (χ1v) is 8.75. The van der Waals surface area contributed by atoms with E-state index in [0.717, 1.165) is 37.2 Å². The van der Waals surface area contributed by atoms with Crippen LogP contribution in [0.15, 0.2) is 12.4 Å². The fraction of sp³-hybridized carbons (Fsp3) is 0.778. The first kappa shape index (κ1) is 16.7. The van der Waals surface area contributed by atoms with Crippen LogP contribution in [0.2, 0.25) is 0 Å². The molecular weight excluding hydrogens is 286 g/mol. The van der Waals surface area contributed by atoms with Gasteiger partial charge in [0.15, 0.2) is 0 Å². The summed E-state index contributed by atoms with van der Waals surface area (Å²) in [5.74, 6) is 1.47. The topological polar surface area (TPSA) is 67.1 Å². The minimum atomic E-state index is 0.177. The van der Waals surface area contributed by atoms with E-state index in [0.29, 0.717) is 18.0 Å². The van der Waals surface area contributed by atoms with Crippen LogP contribution in [0.3, 0.4) is 0 Å². The Morgan fingerprint density at radius 1 is 1.13 bits per heavy atom. The molecule has 0 radical (unpaired) electrons. The highest BCUT2D eigenvalue weighted by molar-refractivity contribution is 5.38. The van der Waals surface area contributed by atoms with Crippen molar-refractivity contribution in [2.45, 2.75) is 82.5 Å². The van der Waals surface area contributed by atoms with Gasteiger partial charge in [-0.25, -0.2) is 9.97 Å². The Hall–Kier alpha value is -1.20. The molecule has 128 valence electrons. The van der Waals surface area contributed by atoms with Crippen molar-refractivity contribution in [1.82, 2.24) is 14.9 Å². The van der Waals surface area contributed by atoms with Crippen LogP contribution in [0.5, 0.6) is 0 Å². The van der Waals surface area contributed by atoms with Gasteiger partial charge in [0.2, 0.25) is 0 Å². The number of hydrogen-bond acceptors (Lipinski definition) is 5. The Labute approximate surface area is 140 Å². The predicted molar refractivity (Wildman–Crippen MR) is 94.5 cm³/mol. The van der Waals surface area contributed by atoms with Gasteiger partial charge in [0.05, 0.1) is 0 Å². The van der Waals surface area contributed by atoms with Crippen molar-refractivity contribution in [3.63, 3.8) is 0 Å². The highest BCUT2D eigenvalue weighted by atomic mass is 15.2. The molecule has 1 aliphatic heterocycles. The van der Waals surface area contributed by atoms with Crippen molar-refractivity contribution >= 4 is 5.82 Å². The largest absolute Gasteiger partial charge is 0.367 e. The smallest absolute Gasteiger partial charge is 0.129 e. The highest BCUT2D eigenvalue weighted by Gasteiger charge is 2.43. The maximum absolute atomic E-state index is 5.90. The molecule has 3 N–H and O–H groups in total. The zero-order valence-corrected chi connectivity index (χ0v) is 15.1. The molecule has 5 nitrogen and oxygen atoms in total. The summed E-state index contributed by atoms with van der Waals surface area (Å²) in [5, 5.41) is 3.66. The zero-order chi connectivity index (χ0) is 16.8. The number of aromatic nitrogens is 2. The maximum Gasteiger partial charge on any atom is 0.129 e. The van der Waals surface area contributed by atoms with Gasteiger partial charge >= 0.3 is 0 Å². The average molecular weight is 317 g/mol. The second-order valence-electron chi connectivity index (χ2n) is 8.69. The minimum Gasteiger partial charge on any atom is -0.367 e. The molecule has 1 aromatic rings. The molecule has 0 atom stereocenters. The fourth-order valence-electron chi connectivity index (χ4n) is 4.26. The van der Waals surface area contributed by atoms with Gasteiger partial charge in [-0.1, -0.05) is 0 Å². The van der Waals surface area contributed by atoms with Crippen molar-refractivity contribution in [3.05, 3.63) is 18.1 Å². The van der Waals surface area contributed by atoms with Crippen molar-refractivity contribution in [2.75, 3.05) is 12.4 Å². The van der Waals surface area contributed by atoms with E-state index >= 15 is 0 Å². The summed E-state index contributed by atoms with van der Waals surface area (Å²) in [7, 11) is 2.23. The summed E-state index contributed by atoms with van der Waals surface area (Å²) in [5.41, 5.74) is 7.39. The number of rotatable bonds is 3. The third-order valence-corrected chi connectivity index (χ3v) is 5.94. The predicted octanol–water partition coefficient (Wildman–Crippen LogP) is 2.74. The Morgan fingerprint density at radius 2 is 1.74 bits per heavy atom. The number of piperidine rings is 1. The molecule has 0 unspecified atom stereocenters. The standard InChI is InChI=1S/C18H31N5/c1-17(2)9-14(10-18(3,4)23(17)5)22-16-8-15(20-11-21-16)12-6-13(19)7-12/h8,11-14H,6-7,9-10,19H2,1-5H3,(H,20,21,22).